The molecule has 1 heterocycles. The van der Waals surface area contributed by atoms with Gasteiger partial charge in [0.1, 0.15) is 5.60 Å². The van der Waals surface area contributed by atoms with Crippen molar-refractivity contribution in [3.05, 3.63) is 28.0 Å². The Kier molecular flexibility index (Phi) is 3.27. The van der Waals surface area contributed by atoms with E-state index in [1.165, 1.54) is 0 Å². The van der Waals surface area contributed by atoms with E-state index in [-0.39, 0.29) is 10.9 Å². The summed E-state index contributed by atoms with van der Waals surface area (Å²) >= 11 is 9.30. The van der Waals surface area contributed by atoms with Crippen molar-refractivity contribution in [3.8, 4) is 5.88 Å². The maximum atomic E-state index is 5.88. The fourth-order valence-electron chi connectivity index (χ4n) is 1.41. The van der Waals surface area contributed by atoms with Gasteiger partial charge in [-0.15, -0.1) is 0 Å². The molecule has 0 aliphatic heterocycles. The van der Waals surface area contributed by atoms with Gasteiger partial charge >= 0.3 is 0 Å². The van der Waals surface area contributed by atoms with Gasteiger partial charge in [-0.25, -0.2) is 4.98 Å². The zero-order valence-electron chi connectivity index (χ0n) is 9.79. The zero-order chi connectivity index (χ0) is 12.6. The van der Waals surface area contributed by atoms with Crippen LogP contribution in [0.3, 0.4) is 0 Å². The van der Waals surface area contributed by atoms with Crippen molar-refractivity contribution in [2.45, 2.75) is 26.4 Å². The molecule has 90 valence electrons. The molecule has 0 spiro atoms. The van der Waals surface area contributed by atoms with E-state index in [0.717, 1.165) is 15.4 Å². The first-order valence-corrected chi connectivity index (χ1v) is 6.34. The molecule has 1 aromatic carbocycles. The molecule has 0 amide bonds. The Labute approximate surface area is 113 Å². The normalized spacial score (nSPS) is 11.8. The van der Waals surface area contributed by atoms with Crippen molar-refractivity contribution in [2.75, 3.05) is 0 Å². The van der Waals surface area contributed by atoms with Gasteiger partial charge in [0.25, 0.3) is 0 Å². The highest BCUT2D eigenvalue weighted by Crippen LogP contribution is 2.29. The SMILES string of the molecule is CC(C)(C)Oc1nc(Cl)nc2ccc(Br)cc12. The minimum Gasteiger partial charge on any atom is -0.471 e. The molecule has 1 aromatic heterocycles. The van der Waals surface area contributed by atoms with E-state index in [9.17, 15) is 0 Å². The number of hydrogen-bond acceptors (Lipinski definition) is 3. The number of benzene rings is 1. The van der Waals surface area contributed by atoms with Crippen LogP contribution in [0.2, 0.25) is 5.28 Å². The molecule has 0 saturated heterocycles. The molecule has 0 radical (unpaired) electrons. The lowest BCUT2D eigenvalue weighted by atomic mass is 10.2. The van der Waals surface area contributed by atoms with E-state index in [2.05, 4.69) is 25.9 Å². The van der Waals surface area contributed by atoms with Crippen LogP contribution in [-0.4, -0.2) is 15.6 Å². The van der Waals surface area contributed by atoms with E-state index in [0.29, 0.717) is 5.88 Å². The van der Waals surface area contributed by atoms with E-state index in [4.69, 9.17) is 16.3 Å². The molecule has 0 bridgehead atoms. The van der Waals surface area contributed by atoms with Crippen molar-refractivity contribution < 1.29 is 4.74 Å². The monoisotopic (exact) mass is 314 g/mol. The quantitative estimate of drug-likeness (QED) is 0.739. The molecule has 0 unspecified atom stereocenters. The van der Waals surface area contributed by atoms with Crippen LogP contribution in [0.4, 0.5) is 0 Å². The average Bonchev–Trinajstić information content (AvgIpc) is 2.16. The summed E-state index contributed by atoms with van der Waals surface area (Å²) in [5.41, 5.74) is 0.444. The molecule has 0 aliphatic rings. The second-order valence-electron chi connectivity index (χ2n) is 4.67. The van der Waals surface area contributed by atoms with Crippen molar-refractivity contribution in [3.63, 3.8) is 0 Å². The van der Waals surface area contributed by atoms with Gasteiger partial charge in [-0.2, -0.15) is 4.98 Å². The van der Waals surface area contributed by atoms with Gasteiger partial charge in [0, 0.05) is 4.47 Å². The predicted octanol–water partition coefficient (Wildman–Crippen LogP) is 4.22. The van der Waals surface area contributed by atoms with E-state index >= 15 is 0 Å². The standard InChI is InChI=1S/C12H12BrClN2O/c1-12(2,3)17-10-8-6-7(13)4-5-9(8)15-11(14)16-10/h4-6H,1-3H3. The lowest BCUT2D eigenvalue weighted by Crippen LogP contribution is -2.23. The number of fused-ring (bicyclic) bond motifs is 1. The van der Waals surface area contributed by atoms with Gasteiger partial charge in [0.2, 0.25) is 11.2 Å². The third kappa shape index (κ3) is 3.07. The second kappa shape index (κ2) is 4.42. The number of halogens is 2. The zero-order valence-corrected chi connectivity index (χ0v) is 12.1. The first-order valence-electron chi connectivity index (χ1n) is 5.17. The first kappa shape index (κ1) is 12.6. The summed E-state index contributed by atoms with van der Waals surface area (Å²) in [6, 6.07) is 5.71. The highest BCUT2D eigenvalue weighted by Gasteiger charge is 2.16. The minimum atomic E-state index is -0.326. The Morgan fingerprint density at radius 1 is 1.24 bits per heavy atom. The largest absolute Gasteiger partial charge is 0.471 e. The number of hydrogen-bond donors (Lipinski definition) is 0. The predicted molar refractivity (Wildman–Crippen MR) is 72.6 cm³/mol. The summed E-state index contributed by atoms with van der Waals surface area (Å²) in [4.78, 5) is 8.30. The maximum Gasteiger partial charge on any atom is 0.226 e. The summed E-state index contributed by atoms with van der Waals surface area (Å²) in [5, 5.41) is 1.04. The maximum absolute atomic E-state index is 5.88. The van der Waals surface area contributed by atoms with Crippen LogP contribution < -0.4 is 4.74 Å². The van der Waals surface area contributed by atoms with Crippen LogP contribution >= 0.6 is 27.5 Å². The van der Waals surface area contributed by atoms with Gasteiger partial charge in [0.05, 0.1) is 10.9 Å². The number of nitrogens with zero attached hydrogens (tertiary/aromatic N) is 2. The van der Waals surface area contributed by atoms with Gasteiger partial charge in [0.15, 0.2) is 0 Å². The molecular weight excluding hydrogens is 304 g/mol. The molecule has 2 aromatic rings. The third-order valence-electron chi connectivity index (χ3n) is 2.00. The molecule has 0 saturated carbocycles. The van der Waals surface area contributed by atoms with Crippen molar-refractivity contribution in [2.24, 2.45) is 0 Å². The lowest BCUT2D eigenvalue weighted by Gasteiger charge is -2.21. The molecule has 3 nitrogen and oxygen atoms in total. The summed E-state index contributed by atoms with van der Waals surface area (Å²) < 4.78 is 6.75. The molecule has 2 rings (SSSR count). The van der Waals surface area contributed by atoms with Crippen molar-refractivity contribution >= 4 is 38.4 Å². The lowest BCUT2D eigenvalue weighted by molar-refractivity contribution is 0.126. The van der Waals surface area contributed by atoms with E-state index in [1.807, 2.05) is 39.0 Å². The highest BCUT2D eigenvalue weighted by molar-refractivity contribution is 9.10. The summed E-state index contributed by atoms with van der Waals surface area (Å²) in [5.74, 6) is 0.508. The number of rotatable bonds is 1. The van der Waals surface area contributed by atoms with Gasteiger partial charge in [-0.1, -0.05) is 15.9 Å². The molecule has 0 N–H and O–H groups in total. The Morgan fingerprint density at radius 3 is 2.59 bits per heavy atom. The highest BCUT2D eigenvalue weighted by atomic mass is 79.9. The molecule has 0 atom stereocenters. The number of aromatic nitrogens is 2. The number of ether oxygens (including phenoxy) is 1. The van der Waals surface area contributed by atoms with Crippen LogP contribution in [0.5, 0.6) is 5.88 Å². The topological polar surface area (TPSA) is 35.0 Å². The Hall–Kier alpha value is -0.870. The van der Waals surface area contributed by atoms with Crippen molar-refractivity contribution in [1.82, 2.24) is 9.97 Å². The Morgan fingerprint density at radius 2 is 1.94 bits per heavy atom. The smallest absolute Gasteiger partial charge is 0.226 e. The molecule has 5 heteroatoms. The fraction of sp³-hybridized carbons (Fsp3) is 0.333. The first-order chi connectivity index (χ1) is 7.85. The van der Waals surface area contributed by atoms with Crippen molar-refractivity contribution in [1.29, 1.82) is 0 Å². The van der Waals surface area contributed by atoms with Gasteiger partial charge in [-0.05, 0) is 50.6 Å². The second-order valence-corrected chi connectivity index (χ2v) is 5.93. The van der Waals surface area contributed by atoms with E-state index in [1.54, 1.807) is 0 Å². The molecule has 0 fully saturated rings. The Balaban J connectivity index is 2.63. The summed E-state index contributed by atoms with van der Waals surface area (Å²) in [6.07, 6.45) is 0. The van der Waals surface area contributed by atoms with Crippen LogP contribution in [-0.2, 0) is 0 Å². The minimum absolute atomic E-state index is 0.194. The average molecular weight is 316 g/mol. The van der Waals surface area contributed by atoms with E-state index < -0.39 is 0 Å². The molecule has 0 aliphatic carbocycles. The van der Waals surface area contributed by atoms with Gasteiger partial charge in [-0.3, -0.25) is 0 Å². The Bertz CT molecular complexity index is 566. The summed E-state index contributed by atoms with van der Waals surface area (Å²) in [7, 11) is 0. The van der Waals surface area contributed by atoms with Crippen LogP contribution in [0.1, 0.15) is 20.8 Å². The molecular formula is C12H12BrClN2O. The summed E-state index contributed by atoms with van der Waals surface area (Å²) in [6.45, 7) is 5.90. The van der Waals surface area contributed by atoms with Crippen LogP contribution in [0.25, 0.3) is 10.9 Å². The van der Waals surface area contributed by atoms with Gasteiger partial charge < -0.3 is 4.74 Å². The molecule has 17 heavy (non-hydrogen) atoms. The van der Waals surface area contributed by atoms with Crippen LogP contribution in [0, 0.1) is 0 Å². The third-order valence-corrected chi connectivity index (χ3v) is 2.66. The van der Waals surface area contributed by atoms with Crippen LogP contribution in [0.15, 0.2) is 22.7 Å². The fourth-order valence-corrected chi connectivity index (χ4v) is 1.94.